The van der Waals surface area contributed by atoms with E-state index in [1.165, 1.54) is 0 Å². The van der Waals surface area contributed by atoms with Crippen LogP contribution in [0.5, 0.6) is 5.75 Å². The van der Waals surface area contributed by atoms with Crippen molar-refractivity contribution in [3.8, 4) is 5.75 Å². The summed E-state index contributed by atoms with van der Waals surface area (Å²) in [5.74, 6) is 0.279. The fourth-order valence-electron chi connectivity index (χ4n) is 1.46. The largest absolute Gasteiger partial charge is 0.482 e. The van der Waals surface area contributed by atoms with E-state index in [2.05, 4.69) is 11.9 Å². The molecular weight excluding hydrogens is 244 g/mol. The Morgan fingerprint density at radius 3 is 2.74 bits per heavy atom. The molecule has 1 aromatic carbocycles. The summed E-state index contributed by atoms with van der Waals surface area (Å²) in [6.07, 6.45) is 0. The molecule has 0 fully saturated rings. The van der Waals surface area contributed by atoms with Crippen LogP contribution in [0.25, 0.3) is 0 Å². The number of hydrogen-bond donors (Lipinski definition) is 1. The van der Waals surface area contributed by atoms with Gasteiger partial charge in [-0.15, -0.1) is 0 Å². The first-order valence-corrected chi connectivity index (χ1v) is 6.18. The lowest BCUT2D eigenvalue weighted by molar-refractivity contribution is -0.385. The van der Waals surface area contributed by atoms with Crippen molar-refractivity contribution in [3.05, 3.63) is 46.0 Å². The van der Waals surface area contributed by atoms with Gasteiger partial charge in [0.05, 0.1) is 4.92 Å². The van der Waals surface area contributed by atoms with E-state index in [4.69, 9.17) is 4.74 Å². The lowest BCUT2D eigenvalue weighted by atomic mass is 10.1. The van der Waals surface area contributed by atoms with Gasteiger partial charge >= 0.3 is 5.69 Å². The summed E-state index contributed by atoms with van der Waals surface area (Å²) in [7, 11) is 0. The van der Waals surface area contributed by atoms with Crippen molar-refractivity contribution in [3.63, 3.8) is 0 Å². The number of ether oxygens (including phenoxy) is 1. The summed E-state index contributed by atoms with van der Waals surface area (Å²) in [6.45, 7) is 10.5. The molecule has 1 rings (SSSR count). The van der Waals surface area contributed by atoms with E-state index in [-0.39, 0.29) is 18.0 Å². The molecule has 0 aliphatic carbocycles. The van der Waals surface area contributed by atoms with E-state index in [0.717, 1.165) is 11.1 Å². The van der Waals surface area contributed by atoms with E-state index in [9.17, 15) is 10.1 Å². The Hall–Kier alpha value is -1.88. The number of nitrogens with one attached hydrogen (secondary N) is 1. The molecule has 0 unspecified atom stereocenters. The van der Waals surface area contributed by atoms with Gasteiger partial charge in [-0.3, -0.25) is 10.1 Å². The third kappa shape index (κ3) is 5.09. The van der Waals surface area contributed by atoms with Crippen LogP contribution < -0.4 is 10.1 Å². The van der Waals surface area contributed by atoms with Crippen LogP contribution in [0.3, 0.4) is 0 Å². The summed E-state index contributed by atoms with van der Waals surface area (Å²) in [5.41, 5.74) is 1.67. The Morgan fingerprint density at radius 1 is 1.53 bits per heavy atom. The lowest BCUT2D eigenvalue weighted by Gasteiger charge is -2.10. The summed E-state index contributed by atoms with van der Waals surface area (Å²) >= 11 is 0. The minimum atomic E-state index is -0.424. The Balaban J connectivity index is 2.88. The Labute approximate surface area is 113 Å². The average molecular weight is 264 g/mol. The molecule has 0 saturated heterocycles. The van der Waals surface area contributed by atoms with Gasteiger partial charge in [0.1, 0.15) is 6.61 Å². The van der Waals surface area contributed by atoms with Crippen molar-refractivity contribution in [1.82, 2.24) is 5.32 Å². The molecule has 0 aromatic heterocycles. The molecular formula is C14H20N2O3. The topological polar surface area (TPSA) is 64.4 Å². The zero-order valence-electron chi connectivity index (χ0n) is 11.6. The third-order valence-electron chi connectivity index (χ3n) is 2.41. The highest BCUT2D eigenvalue weighted by atomic mass is 16.6. The van der Waals surface area contributed by atoms with Crippen LogP contribution in [0.4, 0.5) is 5.69 Å². The van der Waals surface area contributed by atoms with Gasteiger partial charge < -0.3 is 10.1 Å². The summed E-state index contributed by atoms with van der Waals surface area (Å²) in [6, 6.07) is 5.34. The maximum absolute atomic E-state index is 11.0. The van der Waals surface area contributed by atoms with Crippen molar-refractivity contribution >= 4 is 5.69 Å². The zero-order valence-corrected chi connectivity index (χ0v) is 11.6. The second kappa shape index (κ2) is 6.89. The van der Waals surface area contributed by atoms with Gasteiger partial charge in [0.2, 0.25) is 0 Å². The minimum Gasteiger partial charge on any atom is -0.482 e. The van der Waals surface area contributed by atoms with Crippen molar-refractivity contribution in [2.45, 2.75) is 33.4 Å². The van der Waals surface area contributed by atoms with Gasteiger partial charge in [-0.2, -0.15) is 0 Å². The Kier molecular flexibility index (Phi) is 5.51. The molecule has 0 aliphatic heterocycles. The average Bonchev–Trinajstić information content (AvgIpc) is 2.33. The van der Waals surface area contributed by atoms with Gasteiger partial charge in [0.15, 0.2) is 5.75 Å². The van der Waals surface area contributed by atoms with E-state index < -0.39 is 4.92 Å². The predicted molar refractivity (Wildman–Crippen MR) is 75.4 cm³/mol. The van der Waals surface area contributed by atoms with Crippen LogP contribution in [0.1, 0.15) is 26.3 Å². The molecule has 0 saturated carbocycles. The lowest BCUT2D eigenvalue weighted by Crippen LogP contribution is -2.21. The number of hydrogen-bond acceptors (Lipinski definition) is 4. The van der Waals surface area contributed by atoms with Crippen LogP contribution in [-0.4, -0.2) is 17.6 Å². The molecule has 1 N–H and O–H groups in total. The molecule has 5 heteroatoms. The van der Waals surface area contributed by atoms with Crippen LogP contribution in [0.15, 0.2) is 30.4 Å². The summed E-state index contributed by atoms with van der Waals surface area (Å²) < 4.78 is 5.38. The van der Waals surface area contributed by atoms with Crippen molar-refractivity contribution in [2.24, 2.45) is 0 Å². The van der Waals surface area contributed by atoms with Crippen LogP contribution in [0, 0.1) is 10.1 Å². The predicted octanol–water partition coefficient (Wildman–Crippen LogP) is 3.05. The minimum absolute atomic E-state index is 0.00990. The van der Waals surface area contributed by atoms with E-state index >= 15 is 0 Å². The second-order valence-corrected chi connectivity index (χ2v) is 4.84. The monoisotopic (exact) mass is 264 g/mol. The molecule has 0 amide bonds. The van der Waals surface area contributed by atoms with Gasteiger partial charge in [-0.1, -0.05) is 26.5 Å². The normalized spacial score (nSPS) is 10.5. The van der Waals surface area contributed by atoms with E-state index in [0.29, 0.717) is 12.6 Å². The number of nitrogens with zero attached hydrogens (tertiary/aromatic N) is 1. The van der Waals surface area contributed by atoms with Crippen molar-refractivity contribution in [1.29, 1.82) is 0 Å². The molecule has 104 valence electrons. The van der Waals surface area contributed by atoms with E-state index in [1.807, 2.05) is 26.8 Å². The fourth-order valence-corrected chi connectivity index (χ4v) is 1.46. The standard InChI is InChI=1S/C14H20N2O3/c1-10(2)9-19-14-6-5-12(8-15-11(3)4)7-13(14)16(17)18/h5-7,11,15H,1,8-9H2,2-4H3. The SMILES string of the molecule is C=C(C)COc1ccc(CNC(C)C)cc1[N+](=O)[O-]. The molecule has 0 heterocycles. The molecule has 0 spiro atoms. The Bertz CT molecular complexity index is 470. The first kappa shape index (κ1) is 15.2. The second-order valence-electron chi connectivity index (χ2n) is 4.84. The maximum atomic E-state index is 11.0. The molecule has 19 heavy (non-hydrogen) atoms. The molecule has 1 aromatic rings. The highest BCUT2D eigenvalue weighted by molar-refractivity contribution is 5.48. The number of nitro groups is 1. The molecule has 5 nitrogen and oxygen atoms in total. The van der Waals surface area contributed by atoms with Crippen LogP contribution in [-0.2, 0) is 6.54 Å². The van der Waals surface area contributed by atoms with Gasteiger partial charge in [0, 0.05) is 18.7 Å². The third-order valence-corrected chi connectivity index (χ3v) is 2.41. The van der Waals surface area contributed by atoms with Crippen molar-refractivity contribution in [2.75, 3.05) is 6.61 Å². The number of rotatable bonds is 7. The smallest absolute Gasteiger partial charge is 0.311 e. The summed E-state index contributed by atoms with van der Waals surface area (Å²) in [5, 5.41) is 14.3. The van der Waals surface area contributed by atoms with Crippen LogP contribution >= 0.6 is 0 Å². The van der Waals surface area contributed by atoms with Crippen molar-refractivity contribution < 1.29 is 9.66 Å². The van der Waals surface area contributed by atoms with E-state index in [1.54, 1.807) is 12.1 Å². The summed E-state index contributed by atoms with van der Waals surface area (Å²) in [4.78, 5) is 10.6. The number of benzene rings is 1. The number of nitro benzene ring substituents is 1. The first-order valence-electron chi connectivity index (χ1n) is 6.18. The first-order chi connectivity index (χ1) is 8.90. The highest BCUT2D eigenvalue weighted by Gasteiger charge is 2.16. The maximum Gasteiger partial charge on any atom is 0.311 e. The van der Waals surface area contributed by atoms with Gasteiger partial charge in [-0.05, 0) is 24.1 Å². The molecule has 0 aliphatic rings. The molecule has 0 atom stereocenters. The zero-order chi connectivity index (χ0) is 14.4. The Morgan fingerprint density at radius 2 is 2.21 bits per heavy atom. The highest BCUT2D eigenvalue weighted by Crippen LogP contribution is 2.28. The molecule has 0 bridgehead atoms. The van der Waals surface area contributed by atoms with Gasteiger partial charge in [-0.25, -0.2) is 0 Å². The molecule has 0 radical (unpaired) electrons. The fraction of sp³-hybridized carbons (Fsp3) is 0.429. The quantitative estimate of drug-likeness (QED) is 0.467. The van der Waals surface area contributed by atoms with Crippen LogP contribution in [0.2, 0.25) is 0 Å². The van der Waals surface area contributed by atoms with Gasteiger partial charge in [0.25, 0.3) is 0 Å².